The van der Waals surface area contributed by atoms with Crippen molar-refractivity contribution in [3.05, 3.63) is 27.4 Å². The van der Waals surface area contributed by atoms with Crippen LogP contribution in [0.2, 0.25) is 5.15 Å². The molecule has 0 radical (unpaired) electrons. The fraction of sp³-hybridized carbons (Fsp3) is 0.500. The van der Waals surface area contributed by atoms with Crippen molar-refractivity contribution in [3.63, 3.8) is 0 Å². The minimum absolute atomic E-state index is 0.0489. The molecule has 1 aliphatic heterocycles. The van der Waals surface area contributed by atoms with Crippen LogP contribution in [0.25, 0.3) is 0 Å². The molecule has 8 heteroatoms. The van der Waals surface area contributed by atoms with Crippen molar-refractivity contribution in [1.29, 1.82) is 0 Å². The van der Waals surface area contributed by atoms with Gasteiger partial charge in [0, 0.05) is 25.6 Å². The van der Waals surface area contributed by atoms with Crippen LogP contribution in [0.1, 0.15) is 6.42 Å². The van der Waals surface area contributed by atoms with Gasteiger partial charge in [0.15, 0.2) is 0 Å². The summed E-state index contributed by atoms with van der Waals surface area (Å²) >= 11 is 5.69. The molecule has 0 saturated carbocycles. The summed E-state index contributed by atoms with van der Waals surface area (Å²) in [6.07, 6.45) is 0.481. The highest BCUT2D eigenvalue weighted by Crippen LogP contribution is 2.26. The quantitative estimate of drug-likeness (QED) is 0.486. The summed E-state index contributed by atoms with van der Waals surface area (Å²) in [5, 5.41) is 23.7. The molecule has 2 heterocycles. The van der Waals surface area contributed by atoms with Gasteiger partial charge in [-0.05, 0) is 6.07 Å². The number of anilines is 1. The standard InChI is InChI=1S/C10H12ClN3O4/c11-8-2-1-7(14(16)17)9(13-8)12-5-10(15)3-4-18-6-10/h1-2,15H,3-6H2,(H,12,13). The number of nitrogens with zero attached hydrogens (tertiary/aromatic N) is 2. The molecule has 1 fully saturated rings. The van der Waals surface area contributed by atoms with Crippen LogP contribution in [0.15, 0.2) is 12.1 Å². The number of aliphatic hydroxyl groups is 1. The van der Waals surface area contributed by atoms with Crippen molar-refractivity contribution in [2.45, 2.75) is 12.0 Å². The second kappa shape index (κ2) is 5.05. The first-order chi connectivity index (χ1) is 8.50. The van der Waals surface area contributed by atoms with Gasteiger partial charge in [0.2, 0.25) is 5.82 Å². The zero-order valence-electron chi connectivity index (χ0n) is 9.43. The van der Waals surface area contributed by atoms with Gasteiger partial charge in [0.1, 0.15) is 10.8 Å². The highest BCUT2D eigenvalue weighted by atomic mass is 35.5. The van der Waals surface area contributed by atoms with Gasteiger partial charge in [-0.3, -0.25) is 10.1 Å². The Morgan fingerprint density at radius 3 is 3.06 bits per heavy atom. The Kier molecular flexibility index (Phi) is 3.65. The summed E-state index contributed by atoms with van der Waals surface area (Å²) < 4.78 is 5.08. The van der Waals surface area contributed by atoms with Crippen LogP contribution in [0, 0.1) is 10.1 Å². The largest absolute Gasteiger partial charge is 0.386 e. The Balaban J connectivity index is 2.12. The van der Waals surface area contributed by atoms with Crippen molar-refractivity contribution in [1.82, 2.24) is 4.98 Å². The lowest BCUT2D eigenvalue weighted by Crippen LogP contribution is -2.37. The highest BCUT2D eigenvalue weighted by Gasteiger charge is 2.32. The number of ether oxygens (including phenoxy) is 1. The van der Waals surface area contributed by atoms with Gasteiger partial charge >= 0.3 is 5.69 Å². The SMILES string of the molecule is O=[N+]([O-])c1ccc(Cl)nc1NCC1(O)CCOC1. The molecule has 0 aromatic carbocycles. The van der Waals surface area contributed by atoms with E-state index in [2.05, 4.69) is 10.3 Å². The van der Waals surface area contributed by atoms with E-state index in [1.807, 2.05) is 0 Å². The van der Waals surface area contributed by atoms with Crippen LogP contribution in [0.3, 0.4) is 0 Å². The number of nitro groups is 1. The van der Waals surface area contributed by atoms with E-state index >= 15 is 0 Å². The molecule has 98 valence electrons. The monoisotopic (exact) mass is 273 g/mol. The number of nitrogens with one attached hydrogen (secondary N) is 1. The van der Waals surface area contributed by atoms with E-state index in [0.29, 0.717) is 13.0 Å². The van der Waals surface area contributed by atoms with E-state index < -0.39 is 10.5 Å². The normalized spacial score (nSPS) is 23.0. The van der Waals surface area contributed by atoms with E-state index in [0.717, 1.165) is 0 Å². The number of halogens is 1. The number of hydrogen-bond acceptors (Lipinski definition) is 6. The lowest BCUT2D eigenvalue weighted by molar-refractivity contribution is -0.384. The summed E-state index contributed by atoms with van der Waals surface area (Å²) in [7, 11) is 0. The predicted molar refractivity (Wildman–Crippen MR) is 64.8 cm³/mol. The minimum atomic E-state index is -1.02. The molecular formula is C10H12ClN3O4. The topological polar surface area (TPSA) is 97.5 Å². The average Bonchev–Trinajstić information content (AvgIpc) is 2.74. The Labute approximate surface area is 108 Å². The third-order valence-electron chi connectivity index (χ3n) is 2.70. The lowest BCUT2D eigenvalue weighted by Gasteiger charge is -2.20. The summed E-state index contributed by atoms with van der Waals surface area (Å²) in [5.74, 6) is 0.0489. The highest BCUT2D eigenvalue weighted by molar-refractivity contribution is 6.29. The van der Waals surface area contributed by atoms with Gasteiger partial charge in [-0.1, -0.05) is 11.6 Å². The van der Waals surface area contributed by atoms with Gasteiger partial charge in [-0.25, -0.2) is 4.98 Å². The fourth-order valence-corrected chi connectivity index (χ4v) is 1.84. The molecule has 7 nitrogen and oxygen atoms in total. The van der Waals surface area contributed by atoms with E-state index in [-0.39, 0.29) is 29.8 Å². The Morgan fingerprint density at radius 2 is 2.44 bits per heavy atom. The summed E-state index contributed by atoms with van der Waals surface area (Å²) in [6, 6.07) is 2.62. The molecule has 1 atom stereocenters. The molecule has 1 saturated heterocycles. The number of rotatable bonds is 4. The molecular weight excluding hydrogens is 262 g/mol. The van der Waals surface area contributed by atoms with Crippen LogP contribution >= 0.6 is 11.6 Å². The maximum atomic E-state index is 10.8. The maximum Gasteiger partial charge on any atom is 0.311 e. The Bertz CT molecular complexity index is 462. The number of hydrogen-bond donors (Lipinski definition) is 2. The summed E-state index contributed by atoms with van der Waals surface area (Å²) in [5.41, 5.74) is -1.19. The van der Waals surface area contributed by atoms with Gasteiger partial charge in [0.25, 0.3) is 0 Å². The summed E-state index contributed by atoms with van der Waals surface area (Å²) in [4.78, 5) is 14.1. The molecule has 0 amide bonds. The second-order valence-corrected chi connectivity index (χ2v) is 4.53. The Hall–Kier alpha value is -1.44. The van der Waals surface area contributed by atoms with Crippen LogP contribution in [-0.4, -0.2) is 40.4 Å². The van der Waals surface area contributed by atoms with Crippen LogP contribution < -0.4 is 5.32 Å². The zero-order chi connectivity index (χ0) is 13.2. The average molecular weight is 274 g/mol. The number of pyridine rings is 1. The molecule has 18 heavy (non-hydrogen) atoms. The third kappa shape index (κ3) is 2.87. The summed E-state index contributed by atoms with van der Waals surface area (Å²) in [6.45, 7) is 0.804. The molecule has 1 unspecified atom stereocenters. The predicted octanol–water partition coefficient (Wildman–Crippen LogP) is 1.21. The van der Waals surface area contributed by atoms with E-state index in [4.69, 9.17) is 16.3 Å². The van der Waals surface area contributed by atoms with Gasteiger partial charge in [-0.2, -0.15) is 0 Å². The maximum absolute atomic E-state index is 10.8. The van der Waals surface area contributed by atoms with Crippen molar-refractivity contribution in [2.75, 3.05) is 25.1 Å². The van der Waals surface area contributed by atoms with Gasteiger partial charge in [0.05, 0.1) is 11.5 Å². The van der Waals surface area contributed by atoms with Crippen molar-refractivity contribution in [3.8, 4) is 0 Å². The minimum Gasteiger partial charge on any atom is -0.386 e. The van der Waals surface area contributed by atoms with Crippen molar-refractivity contribution < 1.29 is 14.8 Å². The molecule has 1 aromatic heterocycles. The molecule has 0 spiro atoms. The van der Waals surface area contributed by atoms with Crippen molar-refractivity contribution >= 4 is 23.1 Å². The van der Waals surface area contributed by atoms with Crippen LogP contribution in [-0.2, 0) is 4.74 Å². The number of aromatic nitrogens is 1. The Morgan fingerprint density at radius 1 is 1.67 bits per heavy atom. The first-order valence-corrected chi connectivity index (χ1v) is 5.73. The van der Waals surface area contributed by atoms with Crippen molar-refractivity contribution in [2.24, 2.45) is 0 Å². The van der Waals surface area contributed by atoms with Gasteiger partial charge < -0.3 is 15.2 Å². The smallest absolute Gasteiger partial charge is 0.311 e. The first-order valence-electron chi connectivity index (χ1n) is 5.35. The second-order valence-electron chi connectivity index (χ2n) is 4.14. The first kappa shape index (κ1) is 13.0. The van der Waals surface area contributed by atoms with E-state index in [1.165, 1.54) is 12.1 Å². The zero-order valence-corrected chi connectivity index (χ0v) is 10.2. The molecule has 0 aliphatic carbocycles. The molecule has 2 N–H and O–H groups in total. The van der Waals surface area contributed by atoms with E-state index in [1.54, 1.807) is 0 Å². The lowest BCUT2D eigenvalue weighted by atomic mass is 10.0. The van der Waals surface area contributed by atoms with E-state index in [9.17, 15) is 15.2 Å². The fourth-order valence-electron chi connectivity index (χ4n) is 1.69. The molecule has 2 rings (SSSR count). The molecule has 1 aliphatic rings. The molecule has 0 bridgehead atoms. The van der Waals surface area contributed by atoms with Gasteiger partial charge in [-0.15, -0.1) is 0 Å². The van der Waals surface area contributed by atoms with Crippen LogP contribution in [0.5, 0.6) is 0 Å². The molecule has 1 aromatic rings. The third-order valence-corrected chi connectivity index (χ3v) is 2.91. The van der Waals surface area contributed by atoms with Crippen LogP contribution in [0.4, 0.5) is 11.5 Å².